The summed E-state index contributed by atoms with van der Waals surface area (Å²) in [7, 11) is 0. The van der Waals surface area contributed by atoms with E-state index in [1.807, 2.05) is 6.20 Å². The van der Waals surface area contributed by atoms with E-state index in [0.29, 0.717) is 0 Å². The minimum Gasteiger partial charge on any atom is -0.375 e. The second kappa shape index (κ2) is 5.41. The van der Waals surface area contributed by atoms with Crippen LogP contribution in [0.3, 0.4) is 0 Å². The SMILES string of the molecule is Cc1cnc(C(C)NC2COCc3ccccc32)s1. The van der Waals surface area contributed by atoms with Crippen molar-refractivity contribution in [1.82, 2.24) is 10.3 Å². The molecule has 1 aliphatic rings. The van der Waals surface area contributed by atoms with Crippen LogP contribution in [0.25, 0.3) is 0 Å². The van der Waals surface area contributed by atoms with Crippen molar-refractivity contribution >= 4 is 11.3 Å². The molecule has 3 rings (SSSR count). The van der Waals surface area contributed by atoms with Crippen molar-refractivity contribution in [3.63, 3.8) is 0 Å². The van der Waals surface area contributed by atoms with E-state index in [9.17, 15) is 0 Å². The summed E-state index contributed by atoms with van der Waals surface area (Å²) < 4.78 is 5.67. The van der Waals surface area contributed by atoms with Crippen LogP contribution in [-0.4, -0.2) is 11.6 Å². The van der Waals surface area contributed by atoms with E-state index < -0.39 is 0 Å². The summed E-state index contributed by atoms with van der Waals surface area (Å²) in [6, 6.07) is 8.99. The fourth-order valence-corrected chi connectivity index (χ4v) is 3.25. The first-order chi connectivity index (χ1) is 9.24. The third-order valence-corrected chi connectivity index (χ3v) is 4.53. The smallest absolute Gasteiger partial charge is 0.109 e. The molecule has 0 radical (unpaired) electrons. The molecule has 1 N–H and O–H groups in total. The van der Waals surface area contributed by atoms with E-state index in [1.54, 1.807) is 11.3 Å². The van der Waals surface area contributed by atoms with Gasteiger partial charge >= 0.3 is 0 Å². The average molecular weight is 274 g/mol. The molecule has 1 aromatic carbocycles. The van der Waals surface area contributed by atoms with Gasteiger partial charge in [-0.3, -0.25) is 5.32 Å². The first-order valence-electron chi connectivity index (χ1n) is 6.58. The fraction of sp³-hybridized carbons (Fsp3) is 0.400. The Kier molecular flexibility index (Phi) is 3.64. The molecule has 0 saturated carbocycles. The molecule has 2 aromatic rings. The number of benzene rings is 1. The molecule has 100 valence electrons. The summed E-state index contributed by atoms with van der Waals surface area (Å²) in [6.45, 7) is 5.70. The zero-order valence-electron chi connectivity index (χ0n) is 11.2. The van der Waals surface area contributed by atoms with Crippen molar-refractivity contribution < 1.29 is 4.74 Å². The number of rotatable bonds is 3. The van der Waals surface area contributed by atoms with Crippen molar-refractivity contribution in [3.8, 4) is 0 Å². The number of nitrogens with one attached hydrogen (secondary N) is 1. The van der Waals surface area contributed by atoms with Crippen LogP contribution in [0.2, 0.25) is 0 Å². The Morgan fingerprint density at radius 2 is 2.26 bits per heavy atom. The first-order valence-corrected chi connectivity index (χ1v) is 7.39. The van der Waals surface area contributed by atoms with Gasteiger partial charge in [0.1, 0.15) is 5.01 Å². The van der Waals surface area contributed by atoms with Crippen molar-refractivity contribution in [2.45, 2.75) is 32.5 Å². The Labute approximate surface area is 117 Å². The minimum atomic E-state index is 0.249. The average Bonchev–Trinajstić information content (AvgIpc) is 2.86. The Hall–Kier alpha value is -1.23. The van der Waals surface area contributed by atoms with Crippen LogP contribution in [-0.2, 0) is 11.3 Å². The zero-order chi connectivity index (χ0) is 13.2. The molecule has 19 heavy (non-hydrogen) atoms. The molecule has 2 heterocycles. The largest absolute Gasteiger partial charge is 0.375 e. The van der Waals surface area contributed by atoms with Gasteiger partial charge in [-0.2, -0.15) is 0 Å². The molecule has 0 bridgehead atoms. The lowest BCUT2D eigenvalue weighted by Gasteiger charge is -2.28. The zero-order valence-corrected chi connectivity index (χ0v) is 12.0. The van der Waals surface area contributed by atoms with Gasteiger partial charge in [0.25, 0.3) is 0 Å². The lowest BCUT2D eigenvalue weighted by atomic mass is 9.98. The van der Waals surface area contributed by atoms with Gasteiger partial charge in [0.2, 0.25) is 0 Å². The molecule has 0 spiro atoms. The molecular weight excluding hydrogens is 256 g/mol. The van der Waals surface area contributed by atoms with E-state index in [4.69, 9.17) is 4.74 Å². The van der Waals surface area contributed by atoms with Crippen LogP contribution in [0.4, 0.5) is 0 Å². The number of thiazole rings is 1. The van der Waals surface area contributed by atoms with Gasteiger partial charge in [0.15, 0.2) is 0 Å². The monoisotopic (exact) mass is 274 g/mol. The van der Waals surface area contributed by atoms with E-state index in [1.165, 1.54) is 16.0 Å². The Balaban J connectivity index is 1.77. The minimum absolute atomic E-state index is 0.249. The van der Waals surface area contributed by atoms with Crippen molar-refractivity contribution in [2.75, 3.05) is 6.61 Å². The van der Waals surface area contributed by atoms with Crippen LogP contribution in [0.1, 0.15) is 40.0 Å². The van der Waals surface area contributed by atoms with Gasteiger partial charge in [-0.05, 0) is 25.0 Å². The predicted octanol–water partition coefficient (Wildman–Crippen LogP) is 3.37. The molecule has 0 aliphatic carbocycles. The van der Waals surface area contributed by atoms with Crippen molar-refractivity contribution in [3.05, 3.63) is 51.5 Å². The summed E-state index contributed by atoms with van der Waals surface area (Å²) in [6.07, 6.45) is 1.93. The van der Waals surface area contributed by atoms with Gasteiger partial charge in [-0.1, -0.05) is 24.3 Å². The summed E-state index contributed by atoms with van der Waals surface area (Å²) in [5.74, 6) is 0. The molecule has 1 aliphatic heterocycles. The lowest BCUT2D eigenvalue weighted by Crippen LogP contribution is -2.31. The topological polar surface area (TPSA) is 34.2 Å². The van der Waals surface area contributed by atoms with Gasteiger partial charge in [-0.15, -0.1) is 11.3 Å². The molecular formula is C15H18N2OS. The van der Waals surface area contributed by atoms with Gasteiger partial charge in [-0.25, -0.2) is 4.98 Å². The van der Waals surface area contributed by atoms with Crippen LogP contribution in [0.5, 0.6) is 0 Å². The standard InChI is InChI=1S/C15H18N2OS/c1-10-7-16-15(19-10)11(2)17-14-9-18-8-12-5-3-4-6-13(12)14/h3-7,11,14,17H,8-9H2,1-2H3. The quantitative estimate of drug-likeness (QED) is 0.931. The number of hydrogen-bond acceptors (Lipinski definition) is 4. The first kappa shape index (κ1) is 12.8. The molecule has 1 aromatic heterocycles. The van der Waals surface area contributed by atoms with Gasteiger partial charge in [0.05, 0.1) is 25.3 Å². The van der Waals surface area contributed by atoms with Crippen LogP contribution in [0, 0.1) is 6.92 Å². The maximum absolute atomic E-state index is 5.67. The summed E-state index contributed by atoms with van der Waals surface area (Å²) >= 11 is 1.75. The number of hydrogen-bond donors (Lipinski definition) is 1. The molecule has 3 nitrogen and oxygen atoms in total. The number of fused-ring (bicyclic) bond motifs is 1. The highest BCUT2D eigenvalue weighted by Crippen LogP contribution is 2.28. The predicted molar refractivity (Wildman–Crippen MR) is 77.2 cm³/mol. The lowest BCUT2D eigenvalue weighted by molar-refractivity contribution is 0.0791. The van der Waals surface area contributed by atoms with E-state index in [2.05, 4.69) is 48.4 Å². The molecule has 0 saturated heterocycles. The fourth-order valence-electron chi connectivity index (χ4n) is 2.47. The van der Waals surface area contributed by atoms with E-state index >= 15 is 0 Å². The van der Waals surface area contributed by atoms with E-state index in [-0.39, 0.29) is 12.1 Å². The normalized spacial score (nSPS) is 20.0. The highest BCUT2D eigenvalue weighted by Gasteiger charge is 2.22. The van der Waals surface area contributed by atoms with Crippen LogP contribution < -0.4 is 5.32 Å². The third-order valence-electron chi connectivity index (χ3n) is 3.43. The Morgan fingerprint density at radius 3 is 3.05 bits per heavy atom. The summed E-state index contributed by atoms with van der Waals surface area (Å²) in [5, 5.41) is 4.77. The van der Waals surface area contributed by atoms with Crippen molar-refractivity contribution in [2.24, 2.45) is 0 Å². The molecule has 2 unspecified atom stereocenters. The number of ether oxygens (including phenoxy) is 1. The number of aryl methyl sites for hydroxylation is 1. The summed E-state index contributed by atoms with van der Waals surface area (Å²) in [5.41, 5.74) is 2.64. The Bertz CT molecular complexity index is 567. The van der Waals surface area contributed by atoms with Gasteiger partial charge < -0.3 is 4.74 Å². The second-order valence-electron chi connectivity index (χ2n) is 4.96. The maximum atomic E-state index is 5.67. The molecule has 2 atom stereocenters. The van der Waals surface area contributed by atoms with E-state index in [0.717, 1.165) is 18.2 Å². The Morgan fingerprint density at radius 1 is 1.42 bits per heavy atom. The highest BCUT2D eigenvalue weighted by molar-refractivity contribution is 7.11. The summed E-state index contributed by atoms with van der Waals surface area (Å²) in [4.78, 5) is 5.71. The van der Waals surface area contributed by atoms with Crippen molar-refractivity contribution in [1.29, 1.82) is 0 Å². The number of nitrogens with zero attached hydrogens (tertiary/aromatic N) is 1. The van der Waals surface area contributed by atoms with Gasteiger partial charge in [0, 0.05) is 11.1 Å². The van der Waals surface area contributed by atoms with Crippen LogP contribution in [0.15, 0.2) is 30.5 Å². The number of aromatic nitrogens is 1. The highest BCUT2D eigenvalue weighted by atomic mass is 32.1. The second-order valence-corrected chi connectivity index (χ2v) is 6.23. The third kappa shape index (κ3) is 2.71. The molecule has 0 fully saturated rings. The molecule has 0 amide bonds. The van der Waals surface area contributed by atoms with Crippen LogP contribution >= 0.6 is 11.3 Å². The molecule has 4 heteroatoms. The maximum Gasteiger partial charge on any atom is 0.109 e.